The molecule has 0 N–H and O–H groups in total. The number of aryl methyl sites for hydroxylation is 1. The lowest BCUT2D eigenvalue weighted by molar-refractivity contribution is 0.517. The molecule has 0 saturated heterocycles. The van der Waals surface area contributed by atoms with Crippen molar-refractivity contribution in [2.24, 2.45) is 0 Å². The smallest absolute Gasteiger partial charge is 0.160 e. The van der Waals surface area contributed by atoms with Gasteiger partial charge in [0.2, 0.25) is 0 Å². The van der Waals surface area contributed by atoms with Gasteiger partial charge in [-0.3, -0.25) is 0 Å². The van der Waals surface area contributed by atoms with Crippen molar-refractivity contribution in [2.45, 2.75) is 6.92 Å². The van der Waals surface area contributed by atoms with E-state index in [1.165, 1.54) is 11.1 Å². The Bertz CT molecular complexity index is 958. The molecule has 0 atom stereocenters. The summed E-state index contributed by atoms with van der Waals surface area (Å²) in [5.74, 6) is 0. The van der Waals surface area contributed by atoms with Crippen LogP contribution in [0.1, 0.15) is 9.68 Å². The highest BCUT2D eigenvalue weighted by Gasteiger charge is 2.26. The third-order valence-electron chi connectivity index (χ3n) is 3.88. The number of benzene rings is 2. The Hall–Kier alpha value is -2.42. The van der Waals surface area contributed by atoms with Crippen LogP contribution < -0.4 is 4.90 Å². The normalized spacial score (nSPS) is 18.5. The maximum atomic E-state index is 7.61. The molecule has 0 spiro atoms. The Labute approximate surface area is 128 Å². The van der Waals surface area contributed by atoms with Gasteiger partial charge in [-0.2, -0.15) is 0 Å². The number of hydrogen-bond acceptors (Lipinski definition) is 3. The lowest BCUT2D eigenvalue weighted by Crippen LogP contribution is -2.26. The largest absolute Gasteiger partial charge is 0.454 e. The molecule has 1 aliphatic heterocycles. The average Bonchev–Trinajstić information content (AvgIpc) is 3.07. The molecule has 0 fully saturated rings. The maximum absolute atomic E-state index is 7.61. The summed E-state index contributed by atoms with van der Waals surface area (Å²) in [6, 6.07) is 11.9. The van der Waals surface area contributed by atoms with Crippen LogP contribution in [-0.4, -0.2) is 11.9 Å². The molecule has 21 heavy (non-hydrogen) atoms. The van der Waals surface area contributed by atoms with Crippen LogP contribution in [-0.2, 0) is 0 Å². The van der Waals surface area contributed by atoms with Gasteiger partial charge in [-0.05, 0) is 25.5 Å². The molecule has 4 rings (SSSR count). The summed E-state index contributed by atoms with van der Waals surface area (Å²) < 4.78 is 28.9. The van der Waals surface area contributed by atoms with Crippen molar-refractivity contribution in [1.82, 2.24) is 4.90 Å². The molecule has 1 aromatic heterocycles. The topological polar surface area (TPSA) is 19.6 Å². The summed E-state index contributed by atoms with van der Waals surface area (Å²) in [5.41, 5.74) is 3.34. The molecule has 2 radical (unpaired) electrons. The van der Waals surface area contributed by atoms with E-state index in [-0.39, 0.29) is 0 Å². The molecular formula is C18H16N2O. The van der Waals surface area contributed by atoms with Crippen LogP contribution in [0, 0.1) is 20.0 Å². The molecule has 3 nitrogen and oxygen atoms in total. The molecule has 1 aliphatic rings. The van der Waals surface area contributed by atoms with Crippen LogP contribution in [0.25, 0.3) is 21.9 Å². The molecule has 2 aromatic carbocycles. The van der Waals surface area contributed by atoms with Crippen LogP contribution in [0.5, 0.6) is 0 Å². The zero-order valence-electron chi connectivity index (χ0n) is 14.6. The molecule has 0 saturated carbocycles. The Balaban J connectivity index is 1.91. The molecule has 0 aliphatic carbocycles. The third kappa shape index (κ3) is 1.67. The molecule has 0 bridgehead atoms. The Kier molecular flexibility index (Phi) is 1.94. The summed E-state index contributed by atoms with van der Waals surface area (Å²) in [6.45, 7) is 3.66. The lowest BCUT2D eigenvalue weighted by atomic mass is 10.1. The van der Waals surface area contributed by atoms with E-state index in [9.17, 15) is 0 Å². The van der Waals surface area contributed by atoms with Gasteiger partial charge in [0.1, 0.15) is 5.58 Å². The fourth-order valence-corrected chi connectivity index (χ4v) is 2.80. The van der Waals surface area contributed by atoms with Gasteiger partial charge in [0, 0.05) is 34.3 Å². The van der Waals surface area contributed by atoms with Crippen LogP contribution in [0.4, 0.5) is 5.69 Å². The average molecular weight is 279 g/mol. The number of rotatable bonds is 1. The van der Waals surface area contributed by atoms with Gasteiger partial charge in [-0.1, -0.05) is 30.3 Å². The highest BCUT2D eigenvalue weighted by atomic mass is 16.3. The van der Waals surface area contributed by atoms with Gasteiger partial charge >= 0.3 is 0 Å². The predicted octanol–water partition coefficient (Wildman–Crippen LogP) is 4.44. The van der Waals surface area contributed by atoms with Gasteiger partial charge in [0.05, 0.1) is 5.69 Å². The SMILES string of the molecule is [2H]C([2H])([2H])N1C=CN(c2c(C)ccc3c2oc2ccccc23)[C]1[CH2]. The van der Waals surface area contributed by atoms with Crippen molar-refractivity contribution >= 4 is 27.6 Å². The van der Waals surface area contributed by atoms with Crippen molar-refractivity contribution in [3.05, 3.63) is 67.5 Å². The van der Waals surface area contributed by atoms with Crippen molar-refractivity contribution < 1.29 is 8.53 Å². The van der Waals surface area contributed by atoms with Crippen molar-refractivity contribution in [3.8, 4) is 0 Å². The van der Waals surface area contributed by atoms with Gasteiger partial charge in [0.15, 0.2) is 11.7 Å². The molecule has 0 unspecified atom stereocenters. The molecule has 3 aromatic rings. The first-order valence-corrected chi connectivity index (χ1v) is 6.74. The summed E-state index contributed by atoms with van der Waals surface area (Å²) in [5, 5.41) is 2.04. The third-order valence-corrected chi connectivity index (χ3v) is 3.88. The van der Waals surface area contributed by atoms with E-state index < -0.39 is 6.98 Å². The minimum absolute atomic E-state index is 0.381. The predicted molar refractivity (Wildman–Crippen MR) is 86.4 cm³/mol. The second-order valence-electron chi connectivity index (χ2n) is 5.16. The van der Waals surface area contributed by atoms with Crippen LogP contribution >= 0.6 is 0 Å². The van der Waals surface area contributed by atoms with E-state index in [1.54, 1.807) is 11.1 Å². The van der Waals surface area contributed by atoms with Crippen molar-refractivity contribution in [1.29, 1.82) is 0 Å². The van der Waals surface area contributed by atoms with Gasteiger partial charge < -0.3 is 14.2 Å². The number of nitrogens with zero attached hydrogens (tertiary/aromatic N) is 2. The van der Waals surface area contributed by atoms with Gasteiger partial charge in [-0.15, -0.1) is 0 Å². The van der Waals surface area contributed by atoms with E-state index >= 15 is 0 Å². The first-order chi connectivity index (χ1) is 11.4. The van der Waals surface area contributed by atoms with Gasteiger partial charge in [0.25, 0.3) is 0 Å². The number of fused-ring (bicyclic) bond motifs is 3. The quantitative estimate of drug-likeness (QED) is 0.656. The zero-order chi connectivity index (χ0) is 17.1. The first kappa shape index (κ1) is 9.50. The minimum atomic E-state index is -2.27. The number of hydrogen-bond donors (Lipinski definition) is 0. The summed E-state index contributed by atoms with van der Waals surface area (Å²) >= 11 is 0. The monoisotopic (exact) mass is 279 g/mol. The van der Waals surface area contributed by atoms with E-state index in [0.29, 0.717) is 6.17 Å². The Morgan fingerprint density at radius 1 is 1.10 bits per heavy atom. The van der Waals surface area contributed by atoms with Crippen molar-refractivity contribution in [3.63, 3.8) is 0 Å². The molecule has 104 valence electrons. The van der Waals surface area contributed by atoms with Crippen LogP contribution in [0.15, 0.2) is 53.2 Å². The van der Waals surface area contributed by atoms with E-state index in [2.05, 4.69) is 6.92 Å². The summed E-state index contributed by atoms with van der Waals surface area (Å²) in [7, 11) is 0. The summed E-state index contributed by atoms with van der Waals surface area (Å²) in [6.07, 6.45) is 3.62. The standard InChI is InChI=1S/C18H16N2O/c1-12-8-9-15-14-6-4-5-7-16(14)21-18(15)17(12)20-11-10-19(3)13(20)2/h4-11H,2H2,1,3H3/i3D3. The highest BCUT2D eigenvalue weighted by Crippen LogP contribution is 2.40. The number of para-hydroxylation sites is 1. The number of anilines is 1. The van der Waals surface area contributed by atoms with E-state index in [1.807, 2.05) is 43.3 Å². The Morgan fingerprint density at radius 3 is 2.76 bits per heavy atom. The zero-order valence-corrected chi connectivity index (χ0v) is 11.6. The number of furan rings is 1. The van der Waals surface area contributed by atoms with Gasteiger partial charge in [-0.25, -0.2) is 0 Å². The molecular weight excluding hydrogens is 260 g/mol. The van der Waals surface area contributed by atoms with E-state index in [4.69, 9.17) is 8.53 Å². The fraction of sp³-hybridized carbons (Fsp3) is 0.111. The Morgan fingerprint density at radius 2 is 1.95 bits per heavy atom. The van der Waals surface area contributed by atoms with E-state index in [0.717, 1.165) is 33.2 Å². The second kappa shape index (κ2) is 4.29. The molecule has 3 heteroatoms. The van der Waals surface area contributed by atoms with Crippen LogP contribution in [0.3, 0.4) is 0 Å². The molecule has 2 heterocycles. The molecule has 0 amide bonds. The lowest BCUT2D eigenvalue weighted by Gasteiger charge is -2.26. The van der Waals surface area contributed by atoms with Crippen molar-refractivity contribution in [2.75, 3.05) is 11.9 Å². The minimum Gasteiger partial charge on any atom is -0.454 e. The summed E-state index contributed by atoms with van der Waals surface area (Å²) in [4.78, 5) is 2.96. The fourth-order valence-electron chi connectivity index (χ4n) is 2.80. The first-order valence-electron chi connectivity index (χ1n) is 8.24. The highest BCUT2D eigenvalue weighted by molar-refractivity contribution is 6.09. The van der Waals surface area contributed by atoms with Crippen LogP contribution in [0.2, 0.25) is 0 Å². The second-order valence-corrected chi connectivity index (χ2v) is 5.16. The maximum Gasteiger partial charge on any atom is 0.160 e.